The lowest BCUT2D eigenvalue weighted by Crippen LogP contribution is -2.29. The molecule has 1 N–H and O–H groups in total. The lowest BCUT2D eigenvalue weighted by Gasteiger charge is -2.10. The van der Waals surface area contributed by atoms with Crippen LogP contribution >= 0.6 is 23.4 Å². The van der Waals surface area contributed by atoms with Crippen LogP contribution in [-0.2, 0) is 19.3 Å². The summed E-state index contributed by atoms with van der Waals surface area (Å²) in [6.07, 6.45) is 0.923. The summed E-state index contributed by atoms with van der Waals surface area (Å²) in [4.78, 5) is 32.3. The number of imidazole rings is 1. The van der Waals surface area contributed by atoms with E-state index in [0.29, 0.717) is 34.4 Å². The summed E-state index contributed by atoms with van der Waals surface area (Å²) in [5, 5.41) is 0.694. The largest absolute Gasteiger partial charge is 0.329 e. The molecule has 0 bridgehead atoms. The first-order chi connectivity index (χ1) is 12.4. The van der Waals surface area contributed by atoms with Gasteiger partial charge in [0.1, 0.15) is 5.82 Å². The van der Waals surface area contributed by atoms with Gasteiger partial charge >= 0.3 is 5.69 Å². The summed E-state index contributed by atoms with van der Waals surface area (Å²) >= 11 is 7.55. The normalized spacial score (nSPS) is 11.6. The molecule has 2 aromatic heterocycles. The number of fused-ring (bicyclic) bond motifs is 1. The van der Waals surface area contributed by atoms with Crippen molar-refractivity contribution in [1.29, 1.82) is 0 Å². The van der Waals surface area contributed by atoms with Crippen molar-refractivity contribution in [2.45, 2.75) is 37.5 Å². The van der Waals surface area contributed by atoms with Gasteiger partial charge in [-0.25, -0.2) is 9.78 Å². The smallest absolute Gasteiger partial charge is 0.321 e. The van der Waals surface area contributed by atoms with Gasteiger partial charge < -0.3 is 4.57 Å². The average molecular weight is 393 g/mol. The van der Waals surface area contributed by atoms with Gasteiger partial charge in [-0.1, -0.05) is 25.4 Å². The van der Waals surface area contributed by atoms with E-state index in [0.717, 1.165) is 17.1 Å². The van der Waals surface area contributed by atoms with Gasteiger partial charge in [0.05, 0.1) is 5.75 Å². The van der Waals surface area contributed by atoms with Gasteiger partial charge in [-0.2, -0.15) is 0 Å². The van der Waals surface area contributed by atoms with E-state index in [1.54, 1.807) is 18.8 Å². The maximum atomic E-state index is 12.4. The van der Waals surface area contributed by atoms with Crippen molar-refractivity contribution in [2.75, 3.05) is 0 Å². The molecule has 138 valence electrons. The van der Waals surface area contributed by atoms with E-state index >= 15 is 0 Å². The minimum atomic E-state index is -0.451. The quantitative estimate of drug-likeness (QED) is 0.652. The number of benzene rings is 1. The molecular formula is C18H21ClN4O2S. The second kappa shape index (κ2) is 7.72. The van der Waals surface area contributed by atoms with Crippen molar-refractivity contribution >= 4 is 34.5 Å². The molecule has 0 aliphatic carbocycles. The van der Waals surface area contributed by atoms with Gasteiger partial charge in [-0.15, -0.1) is 11.8 Å². The summed E-state index contributed by atoms with van der Waals surface area (Å²) in [5.41, 5.74) is 0.0451. The fourth-order valence-electron chi connectivity index (χ4n) is 2.70. The van der Waals surface area contributed by atoms with Crippen LogP contribution in [0.25, 0.3) is 11.2 Å². The minimum Gasteiger partial charge on any atom is -0.321 e. The zero-order valence-corrected chi connectivity index (χ0v) is 16.5. The molecule has 26 heavy (non-hydrogen) atoms. The van der Waals surface area contributed by atoms with Crippen molar-refractivity contribution in [1.82, 2.24) is 19.1 Å². The molecule has 6 nitrogen and oxygen atoms in total. The second-order valence-electron chi connectivity index (χ2n) is 6.60. The molecule has 0 amide bonds. The fraction of sp³-hybridized carbons (Fsp3) is 0.389. The van der Waals surface area contributed by atoms with Gasteiger partial charge in [0.25, 0.3) is 5.56 Å². The number of thioether (sulfide) groups is 1. The molecular weight excluding hydrogens is 372 g/mol. The minimum absolute atomic E-state index is 0.387. The number of nitrogens with one attached hydrogen (secondary N) is 1. The number of hydrogen-bond acceptors (Lipinski definition) is 4. The lowest BCUT2D eigenvalue weighted by molar-refractivity contribution is 0.515. The van der Waals surface area contributed by atoms with Crippen molar-refractivity contribution in [3.63, 3.8) is 0 Å². The zero-order valence-electron chi connectivity index (χ0n) is 15.0. The topological polar surface area (TPSA) is 72.7 Å². The molecule has 0 spiro atoms. The van der Waals surface area contributed by atoms with Gasteiger partial charge in [-0.3, -0.25) is 14.3 Å². The number of aromatic nitrogens is 4. The highest BCUT2D eigenvalue weighted by Crippen LogP contribution is 2.25. The summed E-state index contributed by atoms with van der Waals surface area (Å²) in [5.74, 6) is 1.88. The van der Waals surface area contributed by atoms with E-state index in [4.69, 9.17) is 11.6 Å². The Balaban J connectivity index is 2.02. The standard InChI is InChI=1S/C18H21ClN4O2S/c1-11(2)8-9-23-14(10-26-13-6-4-12(19)5-7-13)20-16-15(23)17(24)21-18(25)22(16)3/h4-7,11H,8-10H2,1-3H3,(H,21,24,25). The summed E-state index contributed by atoms with van der Waals surface area (Å²) < 4.78 is 3.33. The number of aromatic amines is 1. The van der Waals surface area contributed by atoms with Crippen LogP contribution in [0, 0.1) is 5.92 Å². The number of H-pyrrole nitrogens is 1. The molecule has 0 fully saturated rings. The number of nitrogens with zero attached hydrogens (tertiary/aromatic N) is 3. The van der Waals surface area contributed by atoms with Crippen LogP contribution in [-0.4, -0.2) is 19.1 Å². The predicted molar refractivity (Wildman–Crippen MR) is 106 cm³/mol. The highest BCUT2D eigenvalue weighted by molar-refractivity contribution is 7.98. The third kappa shape index (κ3) is 3.88. The van der Waals surface area contributed by atoms with Gasteiger partial charge in [0, 0.05) is 23.5 Å². The average Bonchev–Trinajstić information content (AvgIpc) is 2.96. The van der Waals surface area contributed by atoms with Gasteiger partial charge in [0.15, 0.2) is 11.2 Å². The van der Waals surface area contributed by atoms with Gasteiger partial charge in [-0.05, 0) is 36.6 Å². The van der Waals surface area contributed by atoms with Crippen molar-refractivity contribution in [3.8, 4) is 0 Å². The first-order valence-corrected chi connectivity index (χ1v) is 9.80. The maximum Gasteiger partial charge on any atom is 0.329 e. The molecule has 0 aliphatic rings. The lowest BCUT2D eigenvalue weighted by atomic mass is 10.1. The van der Waals surface area contributed by atoms with E-state index in [1.165, 1.54) is 4.57 Å². The first-order valence-electron chi connectivity index (χ1n) is 8.43. The van der Waals surface area contributed by atoms with Crippen LogP contribution < -0.4 is 11.2 Å². The number of hydrogen-bond donors (Lipinski definition) is 1. The Bertz CT molecular complexity index is 1030. The molecule has 0 aliphatic heterocycles. The van der Waals surface area contributed by atoms with Crippen LogP contribution in [0.3, 0.4) is 0 Å². The molecule has 3 rings (SSSR count). The van der Waals surface area contributed by atoms with Crippen LogP contribution in [0.5, 0.6) is 0 Å². The van der Waals surface area contributed by atoms with Crippen molar-refractivity contribution in [2.24, 2.45) is 13.0 Å². The number of rotatable bonds is 6. The van der Waals surface area contributed by atoms with E-state index in [-0.39, 0.29) is 5.56 Å². The van der Waals surface area contributed by atoms with Crippen LogP contribution in [0.1, 0.15) is 26.1 Å². The fourth-order valence-corrected chi connectivity index (χ4v) is 3.67. The Morgan fingerprint density at radius 2 is 1.92 bits per heavy atom. The van der Waals surface area contributed by atoms with E-state index in [9.17, 15) is 9.59 Å². The van der Waals surface area contributed by atoms with Gasteiger partial charge in [0.2, 0.25) is 0 Å². The van der Waals surface area contributed by atoms with Crippen LogP contribution in [0.15, 0.2) is 38.8 Å². The Labute approximate surface area is 160 Å². The summed E-state index contributed by atoms with van der Waals surface area (Å²) in [6.45, 7) is 4.97. The number of halogens is 1. The monoisotopic (exact) mass is 392 g/mol. The maximum absolute atomic E-state index is 12.4. The molecule has 0 radical (unpaired) electrons. The third-order valence-electron chi connectivity index (χ3n) is 4.20. The highest BCUT2D eigenvalue weighted by Gasteiger charge is 2.17. The zero-order chi connectivity index (χ0) is 18.8. The molecule has 1 aromatic carbocycles. The Morgan fingerprint density at radius 3 is 2.58 bits per heavy atom. The predicted octanol–water partition coefficient (Wildman–Crippen LogP) is 3.42. The number of aryl methyl sites for hydroxylation is 2. The second-order valence-corrected chi connectivity index (χ2v) is 8.08. The first kappa shape index (κ1) is 18.8. The van der Waals surface area contributed by atoms with Crippen molar-refractivity contribution in [3.05, 3.63) is 56.0 Å². The molecule has 2 heterocycles. The third-order valence-corrected chi connectivity index (χ3v) is 5.46. The molecule has 3 aromatic rings. The summed E-state index contributed by atoms with van der Waals surface area (Å²) in [7, 11) is 1.62. The molecule has 8 heteroatoms. The van der Waals surface area contributed by atoms with Crippen molar-refractivity contribution < 1.29 is 0 Å². The van der Waals surface area contributed by atoms with E-state index in [2.05, 4.69) is 23.8 Å². The van der Waals surface area contributed by atoms with E-state index < -0.39 is 5.69 Å². The Hall–Kier alpha value is -1.99. The Kier molecular flexibility index (Phi) is 5.58. The molecule has 0 unspecified atom stereocenters. The molecule has 0 saturated carbocycles. The molecule has 0 saturated heterocycles. The molecule has 0 atom stereocenters. The van der Waals surface area contributed by atoms with Crippen LogP contribution in [0.2, 0.25) is 5.02 Å². The Morgan fingerprint density at radius 1 is 1.23 bits per heavy atom. The van der Waals surface area contributed by atoms with E-state index in [1.807, 2.05) is 28.8 Å². The summed E-state index contributed by atoms with van der Waals surface area (Å²) in [6, 6.07) is 7.60. The van der Waals surface area contributed by atoms with Crippen LogP contribution in [0.4, 0.5) is 0 Å². The SMILES string of the molecule is CC(C)CCn1c(CSc2ccc(Cl)cc2)nc2c1c(=O)[nH]c(=O)n2C. The highest BCUT2D eigenvalue weighted by atomic mass is 35.5.